The molecule has 2 aromatic carbocycles. The van der Waals surface area contributed by atoms with Crippen molar-refractivity contribution in [3.8, 4) is 11.5 Å². The van der Waals surface area contributed by atoms with E-state index in [9.17, 15) is 13.0 Å². The molecule has 0 spiro atoms. The number of benzene rings is 2. The molecule has 0 aliphatic rings. The highest BCUT2D eigenvalue weighted by Crippen LogP contribution is 2.27. The smallest absolute Gasteiger partial charge is 0.294 e. The van der Waals surface area contributed by atoms with Crippen molar-refractivity contribution in [2.75, 3.05) is 0 Å². The fourth-order valence-corrected chi connectivity index (χ4v) is 3.87. The topological polar surface area (TPSA) is 63.6 Å². The standard InChI is InChI=1S/C22H30O4S/c1-2-3-4-5-6-7-8-10-13-19-18-21(16-17-22(19)27(23,24)25)26-20-14-11-9-12-15-20/h9,11-12,14-18H,2-8,10,13H2,1H3,(H,23,24,25). The van der Waals surface area contributed by atoms with Crippen LogP contribution in [0.15, 0.2) is 53.4 Å². The molecule has 0 unspecified atom stereocenters. The Kier molecular flexibility index (Phi) is 8.82. The van der Waals surface area contributed by atoms with Gasteiger partial charge >= 0.3 is 0 Å². The zero-order chi connectivity index (χ0) is 19.5. The molecular weight excluding hydrogens is 360 g/mol. The van der Waals surface area contributed by atoms with Crippen LogP contribution in [0.4, 0.5) is 0 Å². The molecule has 0 radical (unpaired) electrons. The Morgan fingerprint density at radius 2 is 1.44 bits per heavy atom. The van der Waals surface area contributed by atoms with Crippen molar-refractivity contribution in [1.29, 1.82) is 0 Å². The molecule has 0 aliphatic carbocycles. The van der Waals surface area contributed by atoms with Crippen molar-refractivity contribution in [3.05, 3.63) is 54.1 Å². The zero-order valence-corrected chi connectivity index (χ0v) is 16.9. The Morgan fingerprint density at radius 1 is 0.815 bits per heavy atom. The van der Waals surface area contributed by atoms with E-state index in [1.807, 2.05) is 30.3 Å². The van der Waals surface area contributed by atoms with E-state index in [-0.39, 0.29) is 4.90 Å². The molecule has 0 saturated carbocycles. The summed E-state index contributed by atoms with van der Waals surface area (Å²) in [5.74, 6) is 1.26. The molecule has 0 aliphatic heterocycles. The number of hydrogen-bond acceptors (Lipinski definition) is 3. The molecule has 0 bridgehead atoms. The minimum atomic E-state index is -4.24. The second kappa shape index (κ2) is 11.1. The zero-order valence-electron chi connectivity index (χ0n) is 16.1. The van der Waals surface area contributed by atoms with E-state index in [2.05, 4.69) is 6.92 Å². The fourth-order valence-electron chi connectivity index (χ4n) is 3.14. The minimum Gasteiger partial charge on any atom is -0.457 e. The van der Waals surface area contributed by atoms with E-state index in [0.29, 0.717) is 23.5 Å². The number of unbranched alkanes of at least 4 members (excludes halogenated alkanes) is 7. The predicted octanol–water partition coefficient (Wildman–Crippen LogP) is 6.41. The van der Waals surface area contributed by atoms with Gasteiger partial charge in [0.2, 0.25) is 0 Å². The first kappa shape index (κ1) is 21.5. The molecule has 148 valence electrons. The average molecular weight is 391 g/mol. The van der Waals surface area contributed by atoms with E-state index in [4.69, 9.17) is 4.74 Å². The molecule has 2 rings (SSSR count). The van der Waals surface area contributed by atoms with Gasteiger partial charge in [0.05, 0.1) is 4.90 Å². The van der Waals surface area contributed by atoms with E-state index in [0.717, 1.165) is 19.3 Å². The molecule has 0 aromatic heterocycles. The third-order valence-electron chi connectivity index (χ3n) is 4.59. The maximum absolute atomic E-state index is 11.7. The molecule has 1 N–H and O–H groups in total. The first-order valence-corrected chi connectivity index (χ1v) is 11.3. The Hall–Kier alpha value is -1.85. The second-order valence-corrected chi connectivity index (χ2v) is 8.27. The Morgan fingerprint density at radius 3 is 2.07 bits per heavy atom. The Bertz CT molecular complexity index is 785. The molecule has 4 nitrogen and oxygen atoms in total. The van der Waals surface area contributed by atoms with Gasteiger partial charge in [0, 0.05) is 0 Å². The summed E-state index contributed by atoms with van der Waals surface area (Å²) in [7, 11) is -4.24. The highest BCUT2D eigenvalue weighted by molar-refractivity contribution is 7.85. The van der Waals surface area contributed by atoms with Crippen LogP contribution in [0.1, 0.15) is 63.9 Å². The third-order valence-corrected chi connectivity index (χ3v) is 5.54. The predicted molar refractivity (Wildman–Crippen MR) is 109 cm³/mol. The molecule has 2 aromatic rings. The van der Waals surface area contributed by atoms with Crippen molar-refractivity contribution in [3.63, 3.8) is 0 Å². The summed E-state index contributed by atoms with van der Waals surface area (Å²) in [4.78, 5) is -0.0224. The van der Waals surface area contributed by atoms with Gasteiger partial charge < -0.3 is 4.74 Å². The minimum absolute atomic E-state index is 0.0224. The van der Waals surface area contributed by atoms with Gasteiger partial charge in [-0.05, 0) is 48.7 Å². The summed E-state index contributed by atoms with van der Waals surface area (Å²) in [5.41, 5.74) is 0.608. The lowest BCUT2D eigenvalue weighted by Gasteiger charge is -2.11. The van der Waals surface area contributed by atoms with Crippen LogP contribution in [0.3, 0.4) is 0 Å². The van der Waals surface area contributed by atoms with Crippen molar-refractivity contribution in [2.24, 2.45) is 0 Å². The maximum Gasteiger partial charge on any atom is 0.294 e. The summed E-state index contributed by atoms with van der Waals surface area (Å²) in [6.07, 6.45) is 10.0. The van der Waals surface area contributed by atoms with Crippen molar-refractivity contribution in [1.82, 2.24) is 0 Å². The Labute approximate surface area is 163 Å². The van der Waals surface area contributed by atoms with Crippen LogP contribution in [0.2, 0.25) is 0 Å². The summed E-state index contributed by atoms with van der Waals surface area (Å²) >= 11 is 0. The van der Waals surface area contributed by atoms with Gasteiger partial charge in [-0.25, -0.2) is 0 Å². The van der Waals surface area contributed by atoms with Crippen molar-refractivity contribution < 1.29 is 17.7 Å². The Balaban J connectivity index is 1.96. The fraction of sp³-hybridized carbons (Fsp3) is 0.455. The van der Waals surface area contributed by atoms with Crippen LogP contribution in [-0.2, 0) is 16.5 Å². The largest absolute Gasteiger partial charge is 0.457 e. The van der Waals surface area contributed by atoms with Crippen LogP contribution in [-0.4, -0.2) is 13.0 Å². The van der Waals surface area contributed by atoms with Gasteiger partial charge in [-0.15, -0.1) is 0 Å². The lowest BCUT2D eigenvalue weighted by molar-refractivity contribution is 0.475. The monoisotopic (exact) mass is 390 g/mol. The normalized spacial score (nSPS) is 11.5. The molecule has 0 saturated heterocycles. The molecule has 0 atom stereocenters. The van der Waals surface area contributed by atoms with Gasteiger partial charge in [-0.1, -0.05) is 70.1 Å². The van der Waals surface area contributed by atoms with Crippen LogP contribution < -0.4 is 4.74 Å². The van der Waals surface area contributed by atoms with E-state index < -0.39 is 10.1 Å². The maximum atomic E-state index is 11.7. The summed E-state index contributed by atoms with van der Waals surface area (Å²) in [6.45, 7) is 2.21. The first-order valence-electron chi connectivity index (χ1n) is 9.84. The van der Waals surface area contributed by atoms with E-state index in [1.54, 1.807) is 12.1 Å². The molecule has 0 fully saturated rings. The highest BCUT2D eigenvalue weighted by atomic mass is 32.2. The summed E-state index contributed by atoms with van der Waals surface area (Å²) in [6, 6.07) is 14.1. The number of para-hydroxylation sites is 1. The van der Waals surface area contributed by atoms with Crippen LogP contribution in [0.25, 0.3) is 0 Å². The summed E-state index contributed by atoms with van der Waals surface area (Å²) < 4.78 is 38.6. The molecular formula is C22H30O4S. The lowest BCUT2D eigenvalue weighted by Crippen LogP contribution is -2.04. The number of ether oxygens (including phenoxy) is 1. The van der Waals surface area contributed by atoms with Gasteiger partial charge in [0.25, 0.3) is 10.1 Å². The van der Waals surface area contributed by atoms with Crippen molar-refractivity contribution >= 4 is 10.1 Å². The average Bonchev–Trinajstić information content (AvgIpc) is 2.64. The number of hydrogen-bond donors (Lipinski definition) is 1. The van der Waals surface area contributed by atoms with Gasteiger partial charge in [0.15, 0.2) is 0 Å². The van der Waals surface area contributed by atoms with E-state index in [1.165, 1.54) is 38.2 Å². The van der Waals surface area contributed by atoms with Crippen molar-refractivity contribution in [2.45, 2.75) is 69.6 Å². The molecule has 27 heavy (non-hydrogen) atoms. The molecule has 0 amide bonds. The van der Waals surface area contributed by atoms with Gasteiger partial charge in [-0.2, -0.15) is 8.42 Å². The first-order chi connectivity index (χ1) is 13.0. The summed E-state index contributed by atoms with van der Waals surface area (Å²) in [5, 5.41) is 0. The second-order valence-electron chi connectivity index (χ2n) is 6.88. The number of aryl methyl sites for hydroxylation is 1. The van der Waals surface area contributed by atoms with E-state index >= 15 is 0 Å². The SMILES string of the molecule is CCCCCCCCCCc1cc(Oc2ccccc2)ccc1S(=O)(=O)O. The van der Waals surface area contributed by atoms with Crippen LogP contribution >= 0.6 is 0 Å². The van der Waals surface area contributed by atoms with Gasteiger partial charge in [-0.3, -0.25) is 4.55 Å². The van der Waals surface area contributed by atoms with Gasteiger partial charge in [0.1, 0.15) is 11.5 Å². The van der Waals surface area contributed by atoms with Crippen LogP contribution in [0.5, 0.6) is 11.5 Å². The van der Waals surface area contributed by atoms with Crippen LogP contribution in [0, 0.1) is 0 Å². The lowest BCUT2D eigenvalue weighted by atomic mass is 10.0. The molecule has 0 heterocycles. The quantitative estimate of drug-likeness (QED) is 0.336. The molecule has 5 heteroatoms. The highest BCUT2D eigenvalue weighted by Gasteiger charge is 2.16. The number of rotatable bonds is 12. The third kappa shape index (κ3) is 7.73.